The number of ether oxygens (including phenoxy) is 1. The molecule has 2 rings (SSSR count). The fourth-order valence-corrected chi connectivity index (χ4v) is 3.07. The second-order valence-electron chi connectivity index (χ2n) is 6.37. The molecule has 22 heavy (non-hydrogen) atoms. The van der Waals surface area contributed by atoms with Gasteiger partial charge in [0, 0.05) is 31.5 Å². The van der Waals surface area contributed by atoms with Gasteiger partial charge in [0.25, 0.3) is 0 Å². The molecule has 0 spiro atoms. The Labute approximate surface area is 132 Å². The number of rotatable bonds is 5. The number of hydrogen-bond donors (Lipinski definition) is 2. The number of hydrogen-bond acceptors (Lipinski definition) is 3. The highest BCUT2D eigenvalue weighted by atomic mass is 16.5. The number of amides is 2. The molecule has 1 aliphatic heterocycles. The van der Waals surface area contributed by atoms with Crippen molar-refractivity contribution in [3.05, 3.63) is 17.0 Å². The molecule has 2 atom stereocenters. The number of H-pyrrole nitrogens is 1. The van der Waals surface area contributed by atoms with E-state index in [2.05, 4.69) is 22.4 Å². The van der Waals surface area contributed by atoms with Gasteiger partial charge in [-0.3, -0.25) is 5.10 Å². The van der Waals surface area contributed by atoms with Crippen LogP contribution in [0.3, 0.4) is 0 Å². The molecule has 1 aliphatic rings. The third kappa shape index (κ3) is 3.27. The first-order valence-electron chi connectivity index (χ1n) is 8.03. The first-order valence-corrected chi connectivity index (χ1v) is 8.03. The van der Waals surface area contributed by atoms with E-state index in [-0.39, 0.29) is 17.7 Å². The van der Waals surface area contributed by atoms with E-state index in [1.54, 1.807) is 7.11 Å². The number of urea groups is 1. The summed E-state index contributed by atoms with van der Waals surface area (Å²) in [6.45, 7) is 9.39. The van der Waals surface area contributed by atoms with Crippen molar-refractivity contribution in [2.75, 3.05) is 20.2 Å². The van der Waals surface area contributed by atoms with Crippen molar-refractivity contribution in [3.63, 3.8) is 0 Å². The lowest BCUT2D eigenvalue weighted by Gasteiger charge is -2.30. The molecule has 2 N–H and O–H groups in total. The maximum Gasteiger partial charge on any atom is 0.318 e. The van der Waals surface area contributed by atoms with Gasteiger partial charge in [0.1, 0.15) is 0 Å². The van der Waals surface area contributed by atoms with Gasteiger partial charge < -0.3 is 15.0 Å². The van der Waals surface area contributed by atoms with E-state index in [1.807, 2.05) is 25.7 Å². The normalized spacial score (nSPS) is 21.0. The van der Waals surface area contributed by atoms with E-state index in [4.69, 9.17) is 4.74 Å². The van der Waals surface area contributed by atoms with Gasteiger partial charge in [0.2, 0.25) is 0 Å². The SMILES string of the molecule is CCC(C)(CNC(=O)N1CCCC1c1c(C)n[nH]c1C)OC. The number of carbonyl (C=O) groups is 1. The van der Waals surface area contributed by atoms with Crippen LogP contribution < -0.4 is 5.32 Å². The van der Waals surface area contributed by atoms with Crippen LogP contribution in [-0.4, -0.2) is 46.9 Å². The van der Waals surface area contributed by atoms with Gasteiger partial charge in [-0.1, -0.05) is 6.92 Å². The topological polar surface area (TPSA) is 70.2 Å². The van der Waals surface area contributed by atoms with Crippen LogP contribution >= 0.6 is 0 Å². The Hall–Kier alpha value is -1.56. The third-order valence-electron chi connectivity index (χ3n) is 4.89. The van der Waals surface area contributed by atoms with Gasteiger partial charge in [0.05, 0.1) is 17.3 Å². The summed E-state index contributed by atoms with van der Waals surface area (Å²) in [7, 11) is 1.69. The second kappa shape index (κ2) is 6.69. The molecule has 6 heteroatoms. The van der Waals surface area contributed by atoms with Crippen molar-refractivity contribution < 1.29 is 9.53 Å². The molecule has 2 unspecified atom stereocenters. The number of aromatic nitrogens is 2. The summed E-state index contributed by atoms with van der Waals surface area (Å²) in [6.07, 6.45) is 2.87. The lowest BCUT2D eigenvalue weighted by molar-refractivity contribution is 0.00481. The average Bonchev–Trinajstić information content (AvgIpc) is 3.11. The van der Waals surface area contributed by atoms with Crippen LogP contribution in [0.1, 0.15) is 56.1 Å². The monoisotopic (exact) mass is 308 g/mol. The molecule has 6 nitrogen and oxygen atoms in total. The van der Waals surface area contributed by atoms with E-state index in [0.717, 1.165) is 42.8 Å². The average molecular weight is 308 g/mol. The summed E-state index contributed by atoms with van der Waals surface area (Å²) < 4.78 is 5.49. The number of nitrogens with one attached hydrogen (secondary N) is 2. The van der Waals surface area contributed by atoms with Crippen molar-refractivity contribution in [2.24, 2.45) is 0 Å². The highest BCUT2D eigenvalue weighted by Crippen LogP contribution is 2.34. The predicted octanol–water partition coefficient (Wildman–Crippen LogP) is 2.69. The number of carbonyl (C=O) groups excluding carboxylic acids is 1. The second-order valence-corrected chi connectivity index (χ2v) is 6.37. The van der Waals surface area contributed by atoms with Crippen LogP contribution in [0, 0.1) is 13.8 Å². The first kappa shape index (κ1) is 16.8. The third-order valence-corrected chi connectivity index (χ3v) is 4.89. The molecule has 1 saturated heterocycles. The molecule has 0 aliphatic carbocycles. The summed E-state index contributed by atoms with van der Waals surface area (Å²) in [5, 5.41) is 10.3. The number of aromatic amines is 1. The van der Waals surface area contributed by atoms with Crippen molar-refractivity contribution in [3.8, 4) is 0 Å². The van der Waals surface area contributed by atoms with Crippen LogP contribution in [0.2, 0.25) is 0 Å². The molecule has 1 fully saturated rings. The molecule has 2 amide bonds. The first-order chi connectivity index (χ1) is 10.4. The van der Waals surface area contributed by atoms with Gasteiger partial charge in [0.15, 0.2) is 0 Å². The molecule has 1 aromatic rings. The van der Waals surface area contributed by atoms with E-state index >= 15 is 0 Å². The maximum atomic E-state index is 12.6. The zero-order valence-corrected chi connectivity index (χ0v) is 14.3. The van der Waals surface area contributed by atoms with E-state index in [9.17, 15) is 4.79 Å². The minimum atomic E-state index is -0.313. The Kier molecular flexibility index (Phi) is 5.11. The molecular formula is C16H28N4O2. The Balaban J connectivity index is 2.06. The largest absolute Gasteiger partial charge is 0.377 e. The molecule has 0 radical (unpaired) electrons. The van der Waals surface area contributed by atoms with Gasteiger partial charge in [-0.05, 0) is 40.0 Å². The molecular weight excluding hydrogens is 280 g/mol. The smallest absolute Gasteiger partial charge is 0.318 e. The number of likely N-dealkylation sites (tertiary alicyclic amines) is 1. The zero-order valence-electron chi connectivity index (χ0n) is 14.3. The highest BCUT2D eigenvalue weighted by molar-refractivity contribution is 5.75. The molecule has 124 valence electrons. The minimum Gasteiger partial charge on any atom is -0.377 e. The molecule has 0 saturated carbocycles. The summed E-state index contributed by atoms with van der Waals surface area (Å²) >= 11 is 0. The Bertz CT molecular complexity index is 503. The number of aryl methyl sites for hydroxylation is 2. The quantitative estimate of drug-likeness (QED) is 0.878. The Morgan fingerprint density at radius 1 is 1.55 bits per heavy atom. The van der Waals surface area contributed by atoms with Crippen molar-refractivity contribution in [1.29, 1.82) is 0 Å². The van der Waals surface area contributed by atoms with E-state index in [0.29, 0.717) is 6.54 Å². The standard InChI is InChI=1S/C16H28N4O2/c1-6-16(4,22-5)10-17-15(21)20-9-7-8-13(20)14-11(2)18-19-12(14)3/h13H,6-10H2,1-5H3,(H,17,21)(H,18,19). The van der Waals surface area contributed by atoms with Crippen molar-refractivity contribution in [1.82, 2.24) is 20.4 Å². The Morgan fingerprint density at radius 2 is 2.27 bits per heavy atom. The lowest BCUT2D eigenvalue weighted by atomic mass is 10.0. The van der Waals surface area contributed by atoms with Crippen LogP contribution in [0.15, 0.2) is 0 Å². The van der Waals surface area contributed by atoms with Crippen LogP contribution in [0.25, 0.3) is 0 Å². The number of nitrogens with zero attached hydrogens (tertiary/aromatic N) is 2. The molecule has 0 bridgehead atoms. The molecule has 0 aromatic carbocycles. The zero-order chi connectivity index (χ0) is 16.3. The predicted molar refractivity (Wildman–Crippen MR) is 85.8 cm³/mol. The summed E-state index contributed by atoms with van der Waals surface area (Å²) in [5.74, 6) is 0. The van der Waals surface area contributed by atoms with Crippen LogP contribution in [0.4, 0.5) is 4.79 Å². The fourth-order valence-electron chi connectivity index (χ4n) is 3.07. The van der Waals surface area contributed by atoms with Gasteiger partial charge in [-0.25, -0.2) is 4.79 Å². The number of methoxy groups -OCH3 is 1. The highest BCUT2D eigenvalue weighted by Gasteiger charge is 2.33. The molecule has 1 aromatic heterocycles. The Morgan fingerprint density at radius 3 is 2.82 bits per heavy atom. The van der Waals surface area contributed by atoms with Gasteiger partial charge in [-0.2, -0.15) is 5.10 Å². The summed E-state index contributed by atoms with van der Waals surface area (Å²) in [6, 6.07) is 0.105. The van der Waals surface area contributed by atoms with E-state index < -0.39 is 0 Å². The summed E-state index contributed by atoms with van der Waals surface area (Å²) in [4.78, 5) is 14.5. The van der Waals surface area contributed by atoms with Crippen LogP contribution in [0.5, 0.6) is 0 Å². The van der Waals surface area contributed by atoms with Crippen molar-refractivity contribution >= 4 is 6.03 Å². The molecule has 2 heterocycles. The fraction of sp³-hybridized carbons (Fsp3) is 0.750. The van der Waals surface area contributed by atoms with Crippen LogP contribution in [-0.2, 0) is 4.74 Å². The summed E-state index contributed by atoms with van der Waals surface area (Å²) in [5.41, 5.74) is 2.89. The van der Waals surface area contributed by atoms with Gasteiger partial charge >= 0.3 is 6.03 Å². The van der Waals surface area contributed by atoms with E-state index in [1.165, 1.54) is 0 Å². The lowest BCUT2D eigenvalue weighted by Crippen LogP contribution is -2.47. The van der Waals surface area contributed by atoms with Crippen molar-refractivity contribution in [2.45, 2.75) is 58.6 Å². The maximum absolute atomic E-state index is 12.6. The van der Waals surface area contributed by atoms with Gasteiger partial charge in [-0.15, -0.1) is 0 Å². The minimum absolute atomic E-state index is 0.0146.